The first kappa shape index (κ1) is 15.5. The molecule has 0 aliphatic heterocycles. The van der Waals surface area contributed by atoms with E-state index in [0.717, 1.165) is 24.9 Å². The van der Waals surface area contributed by atoms with Crippen LogP contribution in [0, 0.1) is 11.8 Å². The van der Waals surface area contributed by atoms with E-state index in [1.807, 2.05) is 20.8 Å². The number of rotatable bonds is 5. The van der Waals surface area contributed by atoms with E-state index in [9.17, 15) is 4.79 Å². The Morgan fingerprint density at radius 3 is 2.33 bits per heavy atom. The van der Waals surface area contributed by atoms with Crippen LogP contribution < -0.4 is 10.6 Å². The van der Waals surface area contributed by atoms with Gasteiger partial charge in [0.1, 0.15) is 0 Å². The number of nitrogens with one attached hydrogen (secondary N) is 2. The minimum Gasteiger partial charge on any atom is -0.351 e. The lowest BCUT2D eigenvalue weighted by Gasteiger charge is -2.26. The molecule has 3 nitrogen and oxygen atoms in total. The molecule has 106 valence electrons. The van der Waals surface area contributed by atoms with Gasteiger partial charge in [-0.3, -0.25) is 4.79 Å². The van der Waals surface area contributed by atoms with E-state index >= 15 is 0 Å². The van der Waals surface area contributed by atoms with Gasteiger partial charge < -0.3 is 10.6 Å². The maximum Gasteiger partial charge on any atom is 0.221 e. The van der Waals surface area contributed by atoms with Crippen LogP contribution in [0.2, 0.25) is 0 Å². The van der Waals surface area contributed by atoms with E-state index in [1.165, 1.54) is 25.7 Å². The number of carbonyl (C=O) groups excluding carboxylic acids is 1. The van der Waals surface area contributed by atoms with Crippen LogP contribution in [0.15, 0.2) is 0 Å². The van der Waals surface area contributed by atoms with E-state index in [-0.39, 0.29) is 11.4 Å². The van der Waals surface area contributed by atoms with Gasteiger partial charge in [-0.05, 0) is 52.0 Å². The van der Waals surface area contributed by atoms with Crippen molar-refractivity contribution in [2.75, 3.05) is 13.1 Å². The SMILES string of the molecule is CC1CCC(CNCCC(=O)NC(C)(C)C)CC1. The molecule has 0 bridgehead atoms. The topological polar surface area (TPSA) is 41.1 Å². The quantitative estimate of drug-likeness (QED) is 0.741. The second kappa shape index (κ2) is 7.13. The van der Waals surface area contributed by atoms with E-state index in [1.54, 1.807) is 0 Å². The Morgan fingerprint density at radius 2 is 1.78 bits per heavy atom. The van der Waals surface area contributed by atoms with Crippen molar-refractivity contribution in [2.45, 2.75) is 65.3 Å². The Morgan fingerprint density at radius 1 is 1.17 bits per heavy atom. The number of hydrogen-bond acceptors (Lipinski definition) is 2. The van der Waals surface area contributed by atoms with Gasteiger partial charge >= 0.3 is 0 Å². The summed E-state index contributed by atoms with van der Waals surface area (Å²) in [6.07, 6.45) is 6.03. The summed E-state index contributed by atoms with van der Waals surface area (Å²) in [6, 6.07) is 0. The van der Waals surface area contributed by atoms with Crippen molar-refractivity contribution >= 4 is 5.91 Å². The summed E-state index contributed by atoms with van der Waals surface area (Å²) in [4.78, 5) is 11.6. The highest BCUT2D eigenvalue weighted by atomic mass is 16.1. The third kappa shape index (κ3) is 7.00. The molecule has 1 aliphatic rings. The first-order chi connectivity index (χ1) is 8.37. The molecule has 0 aromatic carbocycles. The first-order valence-corrected chi connectivity index (χ1v) is 7.38. The maximum absolute atomic E-state index is 11.6. The van der Waals surface area contributed by atoms with Crippen LogP contribution in [0.5, 0.6) is 0 Å². The lowest BCUT2D eigenvalue weighted by Crippen LogP contribution is -2.41. The average molecular weight is 254 g/mol. The van der Waals surface area contributed by atoms with Gasteiger partial charge in [-0.25, -0.2) is 0 Å². The van der Waals surface area contributed by atoms with Crippen LogP contribution in [-0.2, 0) is 4.79 Å². The normalized spacial score (nSPS) is 24.9. The zero-order chi connectivity index (χ0) is 13.6. The van der Waals surface area contributed by atoms with Gasteiger partial charge in [0, 0.05) is 18.5 Å². The molecule has 0 saturated heterocycles. The van der Waals surface area contributed by atoms with Crippen LogP contribution in [0.1, 0.15) is 59.8 Å². The van der Waals surface area contributed by atoms with Crippen molar-refractivity contribution in [3.05, 3.63) is 0 Å². The molecule has 0 atom stereocenters. The third-order valence-electron chi connectivity index (χ3n) is 3.61. The number of amides is 1. The largest absolute Gasteiger partial charge is 0.351 e. The van der Waals surface area contributed by atoms with Crippen molar-refractivity contribution in [2.24, 2.45) is 11.8 Å². The second-order valence-electron chi connectivity index (χ2n) is 6.88. The summed E-state index contributed by atoms with van der Waals surface area (Å²) in [5, 5.41) is 6.41. The van der Waals surface area contributed by atoms with Gasteiger partial charge in [0.05, 0.1) is 0 Å². The molecular formula is C15H30N2O. The number of carbonyl (C=O) groups is 1. The lowest BCUT2D eigenvalue weighted by molar-refractivity contribution is -0.122. The Kier molecular flexibility index (Phi) is 6.13. The monoisotopic (exact) mass is 254 g/mol. The highest BCUT2D eigenvalue weighted by Gasteiger charge is 2.18. The summed E-state index contributed by atoms with van der Waals surface area (Å²) in [5.41, 5.74) is -0.114. The van der Waals surface area contributed by atoms with E-state index in [0.29, 0.717) is 6.42 Å². The van der Waals surface area contributed by atoms with Crippen molar-refractivity contribution in [1.29, 1.82) is 0 Å². The standard InChI is InChI=1S/C15H30N2O/c1-12-5-7-13(8-6-12)11-16-10-9-14(18)17-15(2,3)4/h12-13,16H,5-11H2,1-4H3,(H,17,18). The van der Waals surface area contributed by atoms with Crippen LogP contribution in [0.4, 0.5) is 0 Å². The summed E-state index contributed by atoms with van der Waals surface area (Å²) < 4.78 is 0. The second-order valence-corrected chi connectivity index (χ2v) is 6.88. The van der Waals surface area contributed by atoms with Crippen molar-refractivity contribution in [3.8, 4) is 0 Å². The average Bonchev–Trinajstić information content (AvgIpc) is 2.24. The number of hydrogen-bond donors (Lipinski definition) is 2. The molecule has 0 unspecified atom stereocenters. The summed E-state index contributed by atoms with van der Waals surface area (Å²) in [6.45, 7) is 10.3. The molecule has 0 heterocycles. The summed E-state index contributed by atoms with van der Waals surface area (Å²) >= 11 is 0. The smallest absolute Gasteiger partial charge is 0.221 e. The molecule has 1 amide bonds. The molecule has 0 aromatic rings. The predicted molar refractivity (Wildman–Crippen MR) is 76.5 cm³/mol. The Bertz CT molecular complexity index is 250. The fourth-order valence-corrected chi connectivity index (χ4v) is 2.52. The molecule has 2 N–H and O–H groups in total. The summed E-state index contributed by atoms with van der Waals surface area (Å²) in [7, 11) is 0. The fraction of sp³-hybridized carbons (Fsp3) is 0.933. The summed E-state index contributed by atoms with van der Waals surface area (Å²) in [5.74, 6) is 1.89. The van der Waals surface area contributed by atoms with Gasteiger partial charge in [-0.1, -0.05) is 19.8 Å². The van der Waals surface area contributed by atoms with Crippen LogP contribution in [0.3, 0.4) is 0 Å². The van der Waals surface area contributed by atoms with Gasteiger partial charge in [0.25, 0.3) is 0 Å². The highest BCUT2D eigenvalue weighted by molar-refractivity contribution is 5.76. The predicted octanol–water partition coefficient (Wildman–Crippen LogP) is 2.71. The molecule has 1 rings (SSSR count). The van der Waals surface area contributed by atoms with E-state index in [4.69, 9.17) is 0 Å². The fourth-order valence-electron chi connectivity index (χ4n) is 2.52. The molecule has 18 heavy (non-hydrogen) atoms. The Balaban J connectivity index is 2.03. The molecule has 3 heteroatoms. The van der Waals surface area contributed by atoms with Crippen LogP contribution in [-0.4, -0.2) is 24.5 Å². The molecule has 1 fully saturated rings. The van der Waals surface area contributed by atoms with Crippen molar-refractivity contribution in [1.82, 2.24) is 10.6 Å². The van der Waals surface area contributed by atoms with Crippen molar-refractivity contribution < 1.29 is 4.79 Å². The zero-order valence-electron chi connectivity index (χ0n) is 12.5. The van der Waals surface area contributed by atoms with E-state index < -0.39 is 0 Å². The maximum atomic E-state index is 11.6. The molecular weight excluding hydrogens is 224 g/mol. The van der Waals surface area contributed by atoms with E-state index in [2.05, 4.69) is 17.6 Å². The van der Waals surface area contributed by atoms with Gasteiger partial charge in [0.2, 0.25) is 5.91 Å². The van der Waals surface area contributed by atoms with Crippen molar-refractivity contribution in [3.63, 3.8) is 0 Å². The minimum atomic E-state index is -0.114. The molecule has 0 spiro atoms. The van der Waals surface area contributed by atoms with Gasteiger partial charge in [-0.15, -0.1) is 0 Å². The third-order valence-corrected chi connectivity index (χ3v) is 3.61. The molecule has 0 radical (unpaired) electrons. The van der Waals surface area contributed by atoms with Gasteiger partial charge in [0.15, 0.2) is 0 Å². The first-order valence-electron chi connectivity index (χ1n) is 7.38. The zero-order valence-corrected chi connectivity index (χ0v) is 12.5. The minimum absolute atomic E-state index is 0.114. The molecule has 1 saturated carbocycles. The lowest BCUT2D eigenvalue weighted by atomic mass is 9.83. The van der Waals surface area contributed by atoms with Gasteiger partial charge in [-0.2, -0.15) is 0 Å². The molecule has 1 aliphatic carbocycles. The molecule has 0 aromatic heterocycles. The Labute approximate surface area is 112 Å². The highest BCUT2D eigenvalue weighted by Crippen LogP contribution is 2.27. The Hall–Kier alpha value is -0.570. The van der Waals surface area contributed by atoms with Crippen LogP contribution >= 0.6 is 0 Å². The van der Waals surface area contributed by atoms with Crippen LogP contribution in [0.25, 0.3) is 0 Å².